The first-order chi connectivity index (χ1) is 12.1. The van der Waals surface area contributed by atoms with Crippen LogP contribution in [0.2, 0.25) is 0 Å². The molecule has 0 unspecified atom stereocenters. The number of aromatic nitrogens is 1. The third-order valence-corrected chi connectivity index (χ3v) is 3.62. The Morgan fingerprint density at radius 2 is 1.88 bits per heavy atom. The standard InChI is InChI=1S/C18H15NO6/c1-22-14-7-6-11(8-16(14)23-2)13(20)9-24-18(21)12-4-3-5-15-17(12)19-10-25-15/h3-8,10H,9H2,1-2H3. The molecular formula is C18H15NO6. The van der Waals surface area contributed by atoms with E-state index >= 15 is 0 Å². The molecule has 0 aliphatic rings. The number of rotatable bonds is 6. The molecule has 0 amide bonds. The van der Waals surface area contributed by atoms with Gasteiger partial charge in [0, 0.05) is 5.56 Å². The van der Waals surface area contributed by atoms with Crippen molar-refractivity contribution in [2.45, 2.75) is 0 Å². The number of carbonyl (C=O) groups is 2. The predicted octanol–water partition coefficient (Wildman–Crippen LogP) is 2.88. The lowest BCUT2D eigenvalue weighted by Gasteiger charge is -2.09. The molecule has 0 atom stereocenters. The van der Waals surface area contributed by atoms with Crippen LogP contribution in [-0.2, 0) is 4.74 Å². The number of ketones is 1. The van der Waals surface area contributed by atoms with Crippen molar-refractivity contribution in [3.63, 3.8) is 0 Å². The molecule has 1 aromatic heterocycles. The second-order valence-electron chi connectivity index (χ2n) is 5.07. The maximum Gasteiger partial charge on any atom is 0.340 e. The molecule has 0 radical (unpaired) electrons. The smallest absolute Gasteiger partial charge is 0.340 e. The fourth-order valence-electron chi connectivity index (χ4n) is 2.35. The summed E-state index contributed by atoms with van der Waals surface area (Å²) in [4.78, 5) is 28.5. The normalized spacial score (nSPS) is 10.5. The average molecular weight is 341 g/mol. The Morgan fingerprint density at radius 3 is 2.64 bits per heavy atom. The molecule has 0 spiro atoms. The first-order valence-electron chi connectivity index (χ1n) is 7.38. The van der Waals surface area contributed by atoms with E-state index in [1.54, 1.807) is 30.3 Å². The minimum atomic E-state index is -0.645. The predicted molar refractivity (Wildman–Crippen MR) is 88.2 cm³/mol. The number of oxazole rings is 1. The van der Waals surface area contributed by atoms with E-state index in [2.05, 4.69) is 4.98 Å². The fourth-order valence-corrected chi connectivity index (χ4v) is 2.35. The maximum atomic E-state index is 12.3. The van der Waals surface area contributed by atoms with E-state index in [1.807, 2.05) is 0 Å². The quantitative estimate of drug-likeness (QED) is 0.503. The van der Waals surface area contributed by atoms with Gasteiger partial charge in [-0.05, 0) is 30.3 Å². The highest BCUT2D eigenvalue weighted by Crippen LogP contribution is 2.27. The summed E-state index contributed by atoms with van der Waals surface area (Å²) in [6.07, 6.45) is 1.25. The lowest BCUT2D eigenvalue weighted by Crippen LogP contribution is -2.14. The van der Waals surface area contributed by atoms with E-state index < -0.39 is 12.6 Å². The molecule has 0 saturated carbocycles. The van der Waals surface area contributed by atoms with E-state index in [0.29, 0.717) is 28.2 Å². The second kappa shape index (κ2) is 7.04. The zero-order valence-corrected chi connectivity index (χ0v) is 13.6. The van der Waals surface area contributed by atoms with Crippen molar-refractivity contribution in [3.05, 3.63) is 53.9 Å². The number of nitrogens with zero attached hydrogens (tertiary/aromatic N) is 1. The Hall–Kier alpha value is -3.35. The molecule has 0 bridgehead atoms. The number of hydrogen-bond acceptors (Lipinski definition) is 7. The van der Waals surface area contributed by atoms with Crippen LogP contribution in [0.5, 0.6) is 11.5 Å². The highest BCUT2D eigenvalue weighted by Gasteiger charge is 2.17. The summed E-state index contributed by atoms with van der Waals surface area (Å²) in [5, 5.41) is 0. The van der Waals surface area contributed by atoms with Crippen molar-refractivity contribution in [2.24, 2.45) is 0 Å². The SMILES string of the molecule is COc1ccc(C(=O)COC(=O)c2cccc3ocnc23)cc1OC. The molecule has 0 fully saturated rings. The van der Waals surface area contributed by atoms with E-state index in [-0.39, 0.29) is 11.3 Å². The van der Waals surface area contributed by atoms with Crippen LogP contribution in [-0.4, -0.2) is 37.6 Å². The van der Waals surface area contributed by atoms with Gasteiger partial charge in [-0.15, -0.1) is 0 Å². The lowest BCUT2D eigenvalue weighted by molar-refractivity contribution is 0.0476. The van der Waals surface area contributed by atoms with E-state index in [9.17, 15) is 9.59 Å². The van der Waals surface area contributed by atoms with Crippen LogP contribution in [0.15, 0.2) is 47.2 Å². The van der Waals surface area contributed by atoms with Gasteiger partial charge < -0.3 is 18.6 Å². The van der Waals surface area contributed by atoms with Crippen molar-refractivity contribution in [1.29, 1.82) is 0 Å². The summed E-state index contributed by atoms with van der Waals surface area (Å²) >= 11 is 0. The summed E-state index contributed by atoms with van der Waals surface area (Å²) in [5.41, 5.74) is 1.46. The highest BCUT2D eigenvalue weighted by molar-refractivity contribution is 6.03. The highest BCUT2D eigenvalue weighted by atomic mass is 16.5. The topological polar surface area (TPSA) is 87.9 Å². The van der Waals surface area contributed by atoms with E-state index in [4.69, 9.17) is 18.6 Å². The van der Waals surface area contributed by atoms with Crippen molar-refractivity contribution in [3.8, 4) is 11.5 Å². The fraction of sp³-hybridized carbons (Fsp3) is 0.167. The number of ether oxygens (including phenoxy) is 3. The number of hydrogen-bond donors (Lipinski definition) is 0. The minimum Gasteiger partial charge on any atom is -0.493 e. The van der Waals surface area contributed by atoms with Crippen molar-refractivity contribution < 1.29 is 28.2 Å². The van der Waals surface area contributed by atoms with Crippen LogP contribution in [0.3, 0.4) is 0 Å². The monoisotopic (exact) mass is 341 g/mol. The number of Topliss-reactive ketones (excluding diaryl/α,β-unsaturated/α-hetero) is 1. The molecule has 2 aromatic carbocycles. The molecule has 25 heavy (non-hydrogen) atoms. The Labute approximate surface area is 143 Å². The summed E-state index contributed by atoms with van der Waals surface area (Å²) in [6, 6.07) is 9.63. The number of methoxy groups -OCH3 is 2. The van der Waals surface area contributed by atoms with Gasteiger partial charge in [0.2, 0.25) is 0 Å². The maximum absolute atomic E-state index is 12.3. The number of fused-ring (bicyclic) bond motifs is 1. The molecule has 1 heterocycles. The Bertz CT molecular complexity index is 930. The summed E-state index contributed by atoms with van der Waals surface area (Å²) < 4.78 is 20.5. The molecule has 7 heteroatoms. The van der Waals surface area contributed by atoms with Gasteiger partial charge in [0.25, 0.3) is 0 Å². The number of esters is 1. The Kier molecular flexibility index (Phi) is 4.65. The molecule has 0 aliphatic carbocycles. The number of benzene rings is 2. The van der Waals surface area contributed by atoms with Gasteiger partial charge >= 0.3 is 5.97 Å². The molecular weight excluding hydrogens is 326 g/mol. The van der Waals surface area contributed by atoms with E-state index in [1.165, 1.54) is 26.7 Å². The molecule has 128 valence electrons. The number of para-hydroxylation sites is 1. The molecule has 0 aliphatic heterocycles. The van der Waals surface area contributed by atoms with Crippen LogP contribution in [0, 0.1) is 0 Å². The van der Waals surface area contributed by atoms with Gasteiger partial charge in [0.05, 0.1) is 19.8 Å². The average Bonchev–Trinajstić information content (AvgIpc) is 3.13. The minimum absolute atomic E-state index is 0.242. The van der Waals surface area contributed by atoms with Crippen LogP contribution in [0.25, 0.3) is 11.1 Å². The van der Waals surface area contributed by atoms with Crippen LogP contribution in [0.4, 0.5) is 0 Å². The van der Waals surface area contributed by atoms with Crippen molar-refractivity contribution >= 4 is 22.9 Å². The summed E-state index contributed by atoms with van der Waals surface area (Å²) in [6.45, 7) is -0.400. The van der Waals surface area contributed by atoms with Gasteiger partial charge in [0.15, 0.2) is 35.9 Å². The van der Waals surface area contributed by atoms with Gasteiger partial charge in [0.1, 0.15) is 5.52 Å². The summed E-state index contributed by atoms with van der Waals surface area (Å²) in [7, 11) is 2.98. The van der Waals surface area contributed by atoms with Gasteiger partial charge in [-0.2, -0.15) is 0 Å². The van der Waals surface area contributed by atoms with E-state index in [0.717, 1.165) is 0 Å². The van der Waals surface area contributed by atoms with Gasteiger partial charge in [-0.1, -0.05) is 6.07 Å². The summed E-state index contributed by atoms with van der Waals surface area (Å²) in [5.74, 6) is -0.0734. The van der Waals surface area contributed by atoms with Crippen molar-refractivity contribution in [2.75, 3.05) is 20.8 Å². The van der Waals surface area contributed by atoms with Crippen LogP contribution < -0.4 is 9.47 Å². The zero-order valence-electron chi connectivity index (χ0n) is 13.6. The molecule has 0 N–H and O–H groups in total. The molecule has 7 nitrogen and oxygen atoms in total. The first kappa shape index (κ1) is 16.5. The molecule has 0 saturated heterocycles. The van der Waals surface area contributed by atoms with Crippen LogP contribution in [0.1, 0.15) is 20.7 Å². The number of carbonyl (C=O) groups excluding carboxylic acids is 2. The Morgan fingerprint density at radius 1 is 1.08 bits per heavy atom. The molecule has 3 aromatic rings. The van der Waals surface area contributed by atoms with Gasteiger partial charge in [-0.25, -0.2) is 9.78 Å². The lowest BCUT2D eigenvalue weighted by atomic mass is 10.1. The van der Waals surface area contributed by atoms with Gasteiger partial charge in [-0.3, -0.25) is 4.79 Å². The largest absolute Gasteiger partial charge is 0.493 e. The molecule has 3 rings (SSSR count). The van der Waals surface area contributed by atoms with Crippen molar-refractivity contribution in [1.82, 2.24) is 4.98 Å². The first-order valence-corrected chi connectivity index (χ1v) is 7.38. The van der Waals surface area contributed by atoms with Crippen LogP contribution >= 0.6 is 0 Å². The Balaban J connectivity index is 1.72. The zero-order chi connectivity index (χ0) is 17.8. The second-order valence-corrected chi connectivity index (χ2v) is 5.07. The third kappa shape index (κ3) is 3.30. The third-order valence-electron chi connectivity index (χ3n) is 3.62.